The van der Waals surface area contributed by atoms with Gasteiger partial charge in [-0.05, 0) is 28.7 Å². The summed E-state index contributed by atoms with van der Waals surface area (Å²) in [5.74, 6) is 1.31. The summed E-state index contributed by atoms with van der Waals surface area (Å²) in [4.78, 5) is 14.6. The van der Waals surface area contributed by atoms with E-state index in [0.29, 0.717) is 6.54 Å². The molecule has 0 bridgehead atoms. The smallest absolute Gasteiger partial charge is 0.244 e. The molecule has 9 heteroatoms. The Kier molecular flexibility index (Phi) is 3.35. The van der Waals surface area contributed by atoms with E-state index in [9.17, 15) is 4.79 Å². The molecule has 1 atom stereocenters. The van der Waals surface area contributed by atoms with Crippen LogP contribution in [0.4, 0.5) is 0 Å². The lowest BCUT2D eigenvalue weighted by molar-refractivity contribution is -0.131. The summed E-state index contributed by atoms with van der Waals surface area (Å²) in [5, 5.41) is 19.3. The van der Waals surface area contributed by atoms with Crippen LogP contribution in [0.1, 0.15) is 37.4 Å². The molecule has 0 aromatic carbocycles. The van der Waals surface area contributed by atoms with E-state index in [2.05, 4.69) is 25.7 Å². The van der Waals surface area contributed by atoms with Gasteiger partial charge in [-0.15, -0.1) is 15.3 Å². The maximum absolute atomic E-state index is 12.6. The molecule has 9 nitrogen and oxygen atoms in total. The first-order chi connectivity index (χ1) is 11.2. The average Bonchev–Trinajstić information content (AvgIpc) is 3.29. The van der Waals surface area contributed by atoms with E-state index in [1.807, 2.05) is 16.5 Å². The number of aryl methyl sites for hydroxylation is 1. The Morgan fingerprint density at radius 3 is 2.78 bits per heavy atom. The number of aromatic nitrogens is 7. The zero-order chi connectivity index (χ0) is 15.9. The summed E-state index contributed by atoms with van der Waals surface area (Å²) >= 11 is 0. The average molecular weight is 316 g/mol. The van der Waals surface area contributed by atoms with Gasteiger partial charge in [-0.25, -0.2) is 4.68 Å². The van der Waals surface area contributed by atoms with Gasteiger partial charge in [0.05, 0.1) is 0 Å². The van der Waals surface area contributed by atoms with Crippen molar-refractivity contribution in [3.05, 3.63) is 18.5 Å². The number of hydrogen-bond acceptors (Lipinski definition) is 6. The second-order valence-electron chi connectivity index (χ2n) is 6.70. The zero-order valence-electron chi connectivity index (χ0n) is 13.2. The molecule has 23 heavy (non-hydrogen) atoms. The number of likely N-dealkylation sites (tertiary alicyclic amines) is 1. The Hall–Kier alpha value is -2.32. The van der Waals surface area contributed by atoms with Crippen LogP contribution in [0.25, 0.3) is 0 Å². The summed E-state index contributed by atoms with van der Waals surface area (Å²) in [6, 6.07) is 0. The largest absolute Gasteiger partial charge is 0.340 e. The second kappa shape index (κ2) is 5.39. The molecule has 122 valence electrons. The van der Waals surface area contributed by atoms with Crippen LogP contribution < -0.4 is 0 Å². The van der Waals surface area contributed by atoms with Gasteiger partial charge in [0, 0.05) is 26.1 Å². The number of carbonyl (C=O) groups excluding carboxylic acids is 1. The third kappa shape index (κ3) is 2.40. The van der Waals surface area contributed by atoms with Crippen LogP contribution in [0.2, 0.25) is 0 Å². The van der Waals surface area contributed by atoms with Crippen LogP contribution in [0.15, 0.2) is 12.7 Å². The van der Waals surface area contributed by atoms with E-state index in [1.165, 1.54) is 23.9 Å². The van der Waals surface area contributed by atoms with E-state index in [0.717, 1.165) is 25.2 Å². The van der Waals surface area contributed by atoms with Crippen molar-refractivity contribution in [2.45, 2.75) is 38.1 Å². The minimum absolute atomic E-state index is 0.0632. The van der Waals surface area contributed by atoms with Crippen molar-refractivity contribution in [2.75, 3.05) is 13.1 Å². The van der Waals surface area contributed by atoms with E-state index in [1.54, 1.807) is 6.33 Å². The minimum Gasteiger partial charge on any atom is -0.340 e. The first-order valence-corrected chi connectivity index (χ1v) is 8.00. The molecule has 1 amide bonds. The Bertz CT molecular complexity index is 687. The molecule has 3 heterocycles. The fourth-order valence-corrected chi connectivity index (χ4v) is 4.20. The Morgan fingerprint density at radius 1 is 1.30 bits per heavy atom. The normalized spacial score (nSPS) is 23.0. The Labute approximate surface area is 133 Å². The van der Waals surface area contributed by atoms with E-state index in [4.69, 9.17) is 0 Å². The topological polar surface area (TPSA) is 94.6 Å². The SMILES string of the molecule is Cn1cnnc1C1CN(C(=O)Cn2cnnn2)CC12CCCC2. The number of nitrogens with zero attached hydrogens (tertiary/aromatic N) is 8. The van der Waals surface area contributed by atoms with Crippen molar-refractivity contribution in [1.29, 1.82) is 0 Å². The van der Waals surface area contributed by atoms with E-state index < -0.39 is 0 Å². The van der Waals surface area contributed by atoms with Crippen molar-refractivity contribution < 1.29 is 4.79 Å². The number of tetrazole rings is 1. The van der Waals surface area contributed by atoms with Crippen LogP contribution >= 0.6 is 0 Å². The van der Waals surface area contributed by atoms with Gasteiger partial charge in [-0.1, -0.05) is 12.8 Å². The first-order valence-electron chi connectivity index (χ1n) is 8.00. The molecule has 2 aromatic heterocycles. The molecule has 2 fully saturated rings. The quantitative estimate of drug-likeness (QED) is 0.790. The van der Waals surface area contributed by atoms with Crippen molar-refractivity contribution in [2.24, 2.45) is 12.5 Å². The zero-order valence-corrected chi connectivity index (χ0v) is 13.2. The standard InChI is InChI=1S/C14H20N8O/c1-20-9-15-17-13(20)11-6-21(8-14(11)4-2-3-5-14)12(23)7-22-10-16-18-19-22/h9-11H,2-8H2,1H3. The maximum atomic E-state index is 12.6. The highest BCUT2D eigenvalue weighted by Crippen LogP contribution is 2.52. The van der Waals surface area contributed by atoms with Crippen molar-refractivity contribution in [3.8, 4) is 0 Å². The van der Waals surface area contributed by atoms with Crippen LogP contribution in [-0.4, -0.2) is 58.9 Å². The molecule has 1 aliphatic carbocycles. The molecule has 2 aromatic rings. The van der Waals surface area contributed by atoms with Crippen molar-refractivity contribution in [3.63, 3.8) is 0 Å². The summed E-state index contributed by atoms with van der Waals surface area (Å²) in [7, 11) is 1.98. The van der Waals surface area contributed by atoms with Gasteiger partial charge in [0.25, 0.3) is 0 Å². The van der Waals surface area contributed by atoms with Crippen molar-refractivity contribution in [1.82, 2.24) is 39.9 Å². The highest BCUT2D eigenvalue weighted by Gasteiger charge is 2.51. The summed E-state index contributed by atoms with van der Waals surface area (Å²) in [6.07, 6.45) is 7.97. The highest BCUT2D eigenvalue weighted by atomic mass is 16.2. The van der Waals surface area contributed by atoms with Crippen LogP contribution in [0.5, 0.6) is 0 Å². The number of amides is 1. The van der Waals surface area contributed by atoms with E-state index >= 15 is 0 Å². The molecule has 0 N–H and O–H groups in total. The third-order valence-electron chi connectivity index (χ3n) is 5.35. The molecule has 4 rings (SSSR count). The molecular formula is C14H20N8O. The third-order valence-corrected chi connectivity index (χ3v) is 5.35. The minimum atomic E-state index is 0.0632. The van der Waals surface area contributed by atoms with Crippen LogP contribution in [0, 0.1) is 5.41 Å². The Morgan fingerprint density at radius 2 is 2.13 bits per heavy atom. The molecule has 1 unspecified atom stereocenters. The predicted octanol–water partition coefficient (Wildman–Crippen LogP) is -0.0120. The van der Waals surface area contributed by atoms with Gasteiger partial charge in [0.15, 0.2) is 0 Å². The lowest BCUT2D eigenvalue weighted by Gasteiger charge is -2.28. The molecule has 1 spiro atoms. The Balaban J connectivity index is 1.57. The van der Waals surface area contributed by atoms with Gasteiger partial charge in [0.2, 0.25) is 5.91 Å². The molecule has 2 aliphatic rings. The molecule has 1 aliphatic heterocycles. The van der Waals surface area contributed by atoms with Crippen LogP contribution in [-0.2, 0) is 18.4 Å². The molecule has 1 saturated heterocycles. The molecular weight excluding hydrogens is 296 g/mol. The van der Waals surface area contributed by atoms with Gasteiger partial charge < -0.3 is 9.47 Å². The predicted molar refractivity (Wildman–Crippen MR) is 79.0 cm³/mol. The van der Waals surface area contributed by atoms with Crippen LogP contribution in [0.3, 0.4) is 0 Å². The number of rotatable bonds is 3. The fraction of sp³-hybridized carbons (Fsp3) is 0.714. The summed E-state index contributed by atoms with van der Waals surface area (Å²) < 4.78 is 3.46. The lowest BCUT2D eigenvalue weighted by atomic mass is 9.76. The van der Waals surface area contributed by atoms with Gasteiger partial charge in [-0.2, -0.15) is 0 Å². The number of hydrogen-bond donors (Lipinski definition) is 0. The van der Waals surface area contributed by atoms with Gasteiger partial charge in [-0.3, -0.25) is 4.79 Å². The lowest BCUT2D eigenvalue weighted by Crippen LogP contribution is -2.34. The summed E-state index contributed by atoms with van der Waals surface area (Å²) in [6.45, 7) is 1.69. The second-order valence-corrected chi connectivity index (χ2v) is 6.70. The molecule has 1 saturated carbocycles. The highest BCUT2D eigenvalue weighted by molar-refractivity contribution is 5.76. The first kappa shape index (κ1) is 14.3. The number of carbonyl (C=O) groups is 1. The fourth-order valence-electron chi connectivity index (χ4n) is 4.20. The molecule has 0 radical (unpaired) electrons. The van der Waals surface area contributed by atoms with E-state index in [-0.39, 0.29) is 23.8 Å². The van der Waals surface area contributed by atoms with Gasteiger partial charge in [0.1, 0.15) is 25.0 Å². The maximum Gasteiger partial charge on any atom is 0.244 e. The van der Waals surface area contributed by atoms with Gasteiger partial charge >= 0.3 is 0 Å². The summed E-state index contributed by atoms with van der Waals surface area (Å²) in [5.41, 5.74) is 0.150. The van der Waals surface area contributed by atoms with Crippen molar-refractivity contribution >= 4 is 5.91 Å². The monoisotopic (exact) mass is 316 g/mol.